The standard InChI is InChI=1S/C7H10N4S/c1-3-4-6(8)10-7-9-5(2)11-12-7/h3-4H,1-2H3,(H2,8,9,10,11)/b4-3+. The SMILES string of the molecule is C/C=C/C(N)=N\c1nc(C)ns1. The van der Waals surface area contributed by atoms with Gasteiger partial charge in [-0.15, -0.1) is 0 Å². The Morgan fingerprint density at radius 3 is 2.92 bits per heavy atom. The van der Waals surface area contributed by atoms with Crippen molar-refractivity contribution in [2.24, 2.45) is 10.7 Å². The van der Waals surface area contributed by atoms with Gasteiger partial charge in [-0.3, -0.25) is 0 Å². The lowest BCUT2D eigenvalue weighted by Gasteiger charge is -1.86. The maximum absolute atomic E-state index is 5.53. The highest BCUT2D eigenvalue weighted by Gasteiger charge is 1.96. The Balaban J connectivity index is 2.80. The number of aromatic nitrogens is 2. The van der Waals surface area contributed by atoms with Crippen LogP contribution in [0.4, 0.5) is 5.13 Å². The number of allylic oxidation sites excluding steroid dienone is 1. The van der Waals surface area contributed by atoms with Gasteiger partial charge in [0.25, 0.3) is 0 Å². The van der Waals surface area contributed by atoms with Gasteiger partial charge in [-0.1, -0.05) is 6.08 Å². The van der Waals surface area contributed by atoms with E-state index in [0.717, 1.165) is 5.82 Å². The highest BCUT2D eigenvalue weighted by atomic mass is 32.1. The summed E-state index contributed by atoms with van der Waals surface area (Å²) in [6, 6.07) is 0. The van der Waals surface area contributed by atoms with Crippen molar-refractivity contribution in [1.29, 1.82) is 0 Å². The summed E-state index contributed by atoms with van der Waals surface area (Å²) in [4.78, 5) is 8.06. The van der Waals surface area contributed by atoms with Gasteiger partial charge < -0.3 is 5.73 Å². The molecule has 2 N–H and O–H groups in total. The molecule has 0 unspecified atom stereocenters. The molecule has 1 aromatic heterocycles. The second-order valence-electron chi connectivity index (χ2n) is 2.16. The van der Waals surface area contributed by atoms with Crippen LogP contribution in [0.2, 0.25) is 0 Å². The number of aryl methyl sites for hydroxylation is 1. The van der Waals surface area contributed by atoms with E-state index in [4.69, 9.17) is 5.73 Å². The van der Waals surface area contributed by atoms with Crippen LogP contribution in [0.15, 0.2) is 17.1 Å². The summed E-state index contributed by atoms with van der Waals surface area (Å²) in [5, 5.41) is 0.600. The van der Waals surface area contributed by atoms with Gasteiger partial charge in [0.2, 0.25) is 5.13 Å². The molecular weight excluding hydrogens is 172 g/mol. The Bertz CT molecular complexity index is 313. The van der Waals surface area contributed by atoms with E-state index in [9.17, 15) is 0 Å². The monoisotopic (exact) mass is 182 g/mol. The molecular formula is C7H10N4S. The van der Waals surface area contributed by atoms with E-state index < -0.39 is 0 Å². The summed E-state index contributed by atoms with van der Waals surface area (Å²) in [6.45, 7) is 3.70. The summed E-state index contributed by atoms with van der Waals surface area (Å²) in [7, 11) is 0. The van der Waals surface area contributed by atoms with E-state index in [1.54, 1.807) is 6.08 Å². The first-order chi connectivity index (χ1) is 5.72. The number of hydrogen-bond donors (Lipinski definition) is 1. The first kappa shape index (κ1) is 8.86. The molecule has 12 heavy (non-hydrogen) atoms. The van der Waals surface area contributed by atoms with E-state index in [2.05, 4.69) is 14.3 Å². The second kappa shape index (κ2) is 3.96. The number of nitrogens with zero attached hydrogens (tertiary/aromatic N) is 3. The Morgan fingerprint density at radius 1 is 1.67 bits per heavy atom. The molecule has 0 aliphatic rings. The quantitative estimate of drug-likeness (QED) is 0.555. The molecule has 5 heteroatoms. The number of nitrogens with two attached hydrogens (primary N) is 1. The zero-order valence-electron chi connectivity index (χ0n) is 6.98. The normalized spacial score (nSPS) is 12.7. The molecule has 4 nitrogen and oxygen atoms in total. The third-order valence-electron chi connectivity index (χ3n) is 1.08. The van der Waals surface area contributed by atoms with Crippen molar-refractivity contribution in [3.05, 3.63) is 18.0 Å². The first-order valence-electron chi connectivity index (χ1n) is 3.49. The van der Waals surface area contributed by atoms with Crippen LogP contribution in [0.5, 0.6) is 0 Å². The van der Waals surface area contributed by atoms with Crippen LogP contribution in [-0.2, 0) is 0 Å². The van der Waals surface area contributed by atoms with Gasteiger partial charge in [0, 0.05) is 11.5 Å². The maximum Gasteiger partial charge on any atom is 0.230 e. The van der Waals surface area contributed by atoms with Crippen LogP contribution < -0.4 is 5.73 Å². The Morgan fingerprint density at radius 2 is 2.42 bits per heavy atom. The van der Waals surface area contributed by atoms with Crippen LogP contribution >= 0.6 is 11.5 Å². The van der Waals surface area contributed by atoms with Crippen molar-refractivity contribution < 1.29 is 0 Å². The molecule has 1 heterocycles. The van der Waals surface area contributed by atoms with Crippen LogP contribution in [0.3, 0.4) is 0 Å². The Labute approximate surface area is 75.0 Å². The third-order valence-corrected chi connectivity index (χ3v) is 1.78. The van der Waals surface area contributed by atoms with Crippen molar-refractivity contribution in [1.82, 2.24) is 9.36 Å². The van der Waals surface area contributed by atoms with Crippen molar-refractivity contribution in [3.63, 3.8) is 0 Å². The molecule has 1 aromatic rings. The van der Waals surface area contributed by atoms with Gasteiger partial charge in [0.1, 0.15) is 11.7 Å². The lowest BCUT2D eigenvalue weighted by molar-refractivity contribution is 1.16. The van der Waals surface area contributed by atoms with E-state index in [1.807, 2.05) is 19.9 Å². The average Bonchev–Trinajstić information content (AvgIpc) is 2.36. The highest BCUT2D eigenvalue weighted by Crippen LogP contribution is 2.13. The molecule has 0 saturated heterocycles. The van der Waals surface area contributed by atoms with E-state index in [0.29, 0.717) is 11.0 Å². The van der Waals surface area contributed by atoms with Crippen LogP contribution in [-0.4, -0.2) is 15.2 Å². The van der Waals surface area contributed by atoms with Gasteiger partial charge in [-0.2, -0.15) is 4.37 Å². The topological polar surface area (TPSA) is 64.2 Å². The first-order valence-corrected chi connectivity index (χ1v) is 4.27. The zero-order chi connectivity index (χ0) is 8.97. The highest BCUT2D eigenvalue weighted by molar-refractivity contribution is 7.09. The third kappa shape index (κ3) is 2.43. The minimum absolute atomic E-state index is 0.452. The second-order valence-corrected chi connectivity index (χ2v) is 2.89. The predicted octanol–water partition coefficient (Wildman–Crippen LogP) is 1.41. The lowest BCUT2D eigenvalue weighted by Crippen LogP contribution is -2.06. The summed E-state index contributed by atoms with van der Waals surface area (Å²) in [5.41, 5.74) is 5.53. The number of hydrogen-bond acceptors (Lipinski definition) is 4. The zero-order valence-corrected chi connectivity index (χ0v) is 7.80. The number of amidine groups is 1. The molecule has 0 fully saturated rings. The number of rotatable bonds is 2. The molecule has 0 saturated carbocycles. The van der Waals surface area contributed by atoms with Gasteiger partial charge in [0.15, 0.2) is 0 Å². The minimum atomic E-state index is 0.452. The molecule has 0 aliphatic heterocycles. The van der Waals surface area contributed by atoms with Crippen molar-refractivity contribution in [3.8, 4) is 0 Å². The minimum Gasteiger partial charge on any atom is -0.384 e. The Kier molecular flexibility index (Phi) is 2.93. The lowest BCUT2D eigenvalue weighted by atomic mass is 10.5. The summed E-state index contributed by atoms with van der Waals surface area (Å²) >= 11 is 1.24. The molecule has 0 atom stereocenters. The molecule has 0 amide bonds. The largest absolute Gasteiger partial charge is 0.384 e. The fraction of sp³-hybridized carbons (Fsp3) is 0.286. The van der Waals surface area contributed by atoms with Crippen LogP contribution in [0.25, 0.3) is 0 Å². The van der Waals surface area contributed by atoms with Gasteiger partial charge >= 0.3 is 0 Å². The molecule has 64 valence electrons. The fourth-order valence-corrected chi connectivity index (χ4v) is 1.22. The molecule has 0 bridgehead atoms. The molecule has 1 rings (SSSR count). The Hall–Kier alpha value is -1.23. The van der Waals surface area contributed by atoms with Crippen LogP contribution in [0, 0.1) is 6.92 Å². The smallest absolute Gasteiger partial charge is 0.230 e. The number of aliphatic imine (C=N–C) groups is 1. The molecule has 0 aromatic carbocycles. The van der Waals surface area contributed by atoms with Crippen molar-refractivity contribution in [2.45, 2.75) is 13.8 Å². The maximum atomic E-state index is 5.53. The molecule has 0 spiro atoms. The van der Waals surface area contributed by atoms with Gasteiger partial charge in [-0.05, 0) is 19.9 Å². The summed E-state index contributed by atoms with van der Waals surface area (Å²) < 4.78 is 3.97. The summed E-state index contributed by atoms with van der Waals surface area (Å²) in [6.07, 6.45) is 3.55. The van der Waals surface area contributed by atoms with Gasteiger partial charge in [-0.25, -0.2) is 9.98 Å². The predicted molar refractivity (Wildman–Crippen MR) is 50.7 cm³/mol. The molecule has 0 radical (unpaired) electrons. The van der Waals surface area contributed by atoms with Crippen molar-refractivity contribution in [2.75, 3.05) is 0 Å². The van der Waals surface area contributed by atoms with E-state index >= 15 is 0 Å². The summed E-state index contributed by atoms with van der Waals surface area (Å²) in [5.74, 6) is 1.18. The van der Waals surface area contributed by atoms with Crippen LogP contribution in [0.1, 0.15) is 12.7 Å². The average molecular weight is 182 g/mol. The van der Waals surface area contributed by atoms with E-state index in [-0.39, 0.29) is 0 Å². The van der Waals surface area contributed by atoms with E-state index in [1.165, 1.54) is 11.5 Å². The molecule has 0 aliphatic carbocycles. The fourth-order valence-electron chi connectivity index (χ4n) is 0.650. The van der Waals surface area contributed by atoms with Crippen molar-refractivity contribution >= 4 is 22.5 Å². The van der Waals surface area contributed by atoms with Gasteiger partial charge in [0.05, 0.1) is 0 Å².